The van der Waals surface area contributed by atoms with Crippen LogP contribution in [0.3, 0.4) is 0 Å². The molecule has 0 bridgehead atoms. The highest BCUT2D eigenvalue weighted by Crippen LogP contribution is 2.15. The van der Waals surface area contributed by atoms with Gasteiger partial charge in [-0.05, 0) is 30.0 Å². The predicted octanol–water partition coefficient (Wildman–Crippen LogP) is 2.45. The molecule has 0 radical (unpaired) electrons. The number of thioether (sulfide) groups is 1. The largest absolute Gasteiger partial charge is 0.300 e. The molecule has 7 heteroatoms. The van der Waals surface area contributed by atoms with Crippen LogP contribution in [-0.2, 0) is 0 Å². The molecule has 0 amide bonds. The van der Waals surface area contributed by atoms with Gasteiger partial charge >= 0.3 is 5.56 Å². The third kappa shape index (κ3) is 3.07. The van der Waals surface area contributed by atoms with Gasteiger partial charge in [0.25, 0.3) is 5.56 Å². The summed E-state index contributed by atoms with van der Waals surface area (Å²) in [6.07, 6.45) is 3.80. The van der Waals surface area contributed by atoms with Crippen molar-refractivity contribution in [2.75, 3.05) is 6.26 Å². The predicted molar refractivity (Wildman–Crippen MR) is 106 cm³/mol. The highest BCUT2D eigenvalue weighted by Gasteiger charge is 2.12. The molecule has 0 N–H and O–H groups in total. The first-order valence-corrected chi connectivity index (χ1v) is 9.85. The Bertz CT molecular complexity index is 1250. The van der Waals surface area contributed by atoms with E-state index in [1.165, 1.54) is 4.52 Å². The Morgan fingerprint density at radius 2 is 1.77 bits per heavy atom. The van der Waals surface area contributed by atoms with E-state index < -0.39 is 5.56 Å². The first-order chi connectivity index (χ1) is 12.7. The van der Waals surface area contributed by atoms with Crippen LogP contribution in [0.5, 0.6) is 0 Å². The molecule has 0 atom stereocenters. The Balaban J connectivity index is 1.88. The Morgan fingerprint density at radius 3 is 2.46 bits per heavy atom. The second-order valence-electron chi connectivity index (χ2n) is 5.51. The zero-order chi connectivity index (χ0) is 18.1. The summed E-state index contributed by atoms with van der Waals surface area (Å²) in [5.41, 5.74) is 1.02. The summed E-state index contributed by atoms with van der Waals surface area (Å²) in [7, 11) is 0. The van der Waals surface area contributed by atoms with Gasteiger partial charge in [-0.3, -0.25) is 9.59 Å². The van der Waals surface area contributed by atoms with Gasteiger partial charge < -0.3 is 0 Å². The van der Waals surface area contributed by atoms with Crippen LogP contribution in [0.1, 0.15) is 5.56 Å². The van der Waals surface area contributed by atoms with Gasteiger partial charge in [0.1, 0.15) is 0 Å². The molecular formula is C19H13N3O2S2. The van der Waals surface area contributed by atoms with Gasteiger partial charge in [0, 0.05) is 10.5 Å². The molecule has 26 heavy (non-hydrogen) atoms. The lowest BCUT2D eigenvalue weighted by molar-refractivity contribution is 0.873. The lowest BCUT2D eigenvalue weighted by atomic mass is 10.2. The minimum Gasteiger partial charge on any atom is -0.266 e. The van der Waals surface area contributed by atoms with E-state index in [1.54, 1.807) is 30.0 Å². The maximum absolute atomic E-state index is 12.7. The number of hydrogen-bond donors (Lipinski definition) is 0. The Kier molecular flexibility index (Phi) is 4.40. The summed E-state index contributed by atoms with van der Waals surface area (Å²) in [6.45, 7) is 0. The monoisotopic (exact) mass is 379 g/mol. The van der Waals surface area contributed by atoms with E-state index in [0.717, 1.165) is 21.8 Å². The zero-order valence-electron chi connectivity index (χ0n) is 13.7. The Morgan fingerprint density at radius 1 is 1.04 bits per heavy atom. The number of hydrogen-bond acceptors (Lipinski definition) is 6. The SMILES string of the molecule is CSc1ccc(/C=c2\sc3nc(=O)c(-c4ccccc4)nn3c2=O)cc1. The summed E-state index contributed by atoms with van der Waals surface area (Å²) in [4.78, 5) is 30.5. The third-order valence-corrected chi connectivity index (χ3v) is 5.55. The minimum atomic E-state index is -0.437. The average molecular weight is 379 g/mol. The molecule has 0 unspecified atom stereocenters. The molecule has 2 aromatic heterocycles. The van der Waals surface area contributed by atoms with Crippen molar-refractivity contribution < 1.29 is 0 Å². The van der Waals surface area contributed by atoms with Crippen LogP contribution in [0.15, 0.2) is 69.1 Å². The molecule has 4 rings (SSSR count). The van der Waals surface area contributed by atoms with Crippen LogP contribution in [0, 0.1) is 0 Å². The van der Waals surface area contributed by atoms with Gasteiger partial charge in [-0.25, -0.2) is 0 Å². The van der Waals surface area contributed by atoms with E-state index in [1.807, 2.05) is 48.7 Å². The lowest BCUT2D eigenvalue weighted by Gasteiger charge is -1.98. The number of aromatic nitrogens is 3. The summed E-state index contributed by atoms with van der Waals surface area (Å²) >= 11 is 2.82. The topological polar surface area (TPSA) is 64.3 Å². The maximum atomic E-state index is 12.7. The molecule has 0 aliphatic carbocycles. The van der Waals surface area contributed by atoms with Crippen molar-refractivity contribution in [2.24, 2.45) is 0 Å². The van der Waals surface area contributed by atoms with Crippen LogP contribution in [-0.4, -0.2) is 20.9 Å². The number of thiazole rings is 1. The van der Waals surface area contributed by atoms with Gasteiger partial charge in [0.05, 0.1) is 4.53 Å². The fourth-order valence-electron chi connectivity index (χ4n) is 2.54. The molecule has 4 aromatic rings. The van der Waals surface area contributed by atoms with E-state index in [2.05, 4.69) is 10.1 Å². The fraction of sp³-hybridized carbons (Fsp3) is 0.0526. The van der Waals surface area contributed by atoms with Crippen molar-refractivity contribution in [2.45, 2.75) is 4.90 Å². The molecule has 128 valence electrons. The van der Waals surface area contributed by atoms with E-state index in [0.29, 0.717) is 15.1 Å². The van der Waals surface area contributed by atoms with E-state index in [4.69, 9.17) is 0 Å². The highest BCUT2D eigenvalue weighted by atomic mass is 32.2. The van der Waals surface area contributed by atoms with Crippen LogP contribution >= 0.6 is 23.1 Å². The fourth-order valence-corrected chi connectivity index (χ4v) is 3.85. The van der Waals surface area contributed by atoms with Crippen molar-refractivity contribution in [1.82, 2.24) is 14.6 Å². The lowest BCUT2D eigenvalue weighted by Crippen LogP contribution is -2.26. The van der Waals surface area contributed by atoms with E-state index in [9.17, 15) is 9.59 Å². The summed E-state index contributed by atoms with van der Waals surface area (Å²) < 4.78 is 1.70. The molecule has 0 saturated carbocycles. The van der Waals surface area contributed by atoms with Crippen molar-refractivity contribution in [1.29, 1.82) is 0 Å². The zero-order valence-corrected chi connectivity index (χ0v) is 15.4. The highest BCUT2D eigenvalue weighted by molar-refractivity contribution is 7.98. The van der Waals surface area contributed by atoms with Crippen LogP contribution in [0.25, 0.3) is 22.3 Å². The number of benzene rings is 2. The molecule has 0 spiro atoms. The Labute approximate surface area is 156 Å². The van der Waals surface area contributed by atoms with Gasteiger partial charge in [-0.1, -0.05) is 53.8 Å². The second-order valence-corrected chi connectivity index (χ2v) is 7.40. The summed E-state index contributed by atoms with van der Waals surface area (Å²) in [6, 6.07) is 16.9. The summed E-state index contributed by atoms with van der Waals surface area (Å²) in [5.74, 6) is 0. The Hall–Kier alpha value is -2.77. The van der Waals surface area contributed by atoms with Crippen molar-refractivity contribution >= 4 is 34.1 Å². The normalized spacial score (nSPS) is 12.0. The van der Waals surface area contributed by atoms with E-state index in [-0.39, 0.29) is 11.3 Å². The first-order valence-electron chi connectivity index (χ1n) is 7.81. The molecule has 5 nitrogen and oxygen atoms in total. The van der Waals surface area contributed by atoms with Gasteiger partial charge in [-0.15, -0.1) is 11.8 Å². The molecule has 0 aliphatic rings. The van der Waals surface area contributed by atoms with Crippen LogP contribution < -0.4 is 15.7 Å². The molecule has 2 aromatic carbocycles. The number of nitrogens with zero attached hydrogens (tertiary/aromatic N) is 3. The number of rotatable bonds is 3. The molecule has 0 aliphatic heterocycles. The molecule has 0 fully saturated rings. The molecule has 0 saturated heterocycles. The van der Waals surface area contributed by atoms with Crippen molar-refractivity contribution in [3.8, 4) is 11.3 Å². The van der Waals surface area contributed by atoms with Crippen LogP contribution in [0.4, 0.5) is 0 Å². The maximum Gasteiger partial charge on any atom is 0.300 e. The van der Waals surface area contributed by atoms with Crippen molar-refractivity contribution in [3.05, 3.63) is 85.4 Å². The van der Waals surface area contributed by atoms with Crippen LogP contribution in [0.2, 0.25) is 0 Å². The first kappa shape index (κ1) is 16.7. The third-order valence-electron chi connectivity index (χ3n) is 3.85. The number of fused-ring (bicyclic) bond motifs is 1. The van der Waals surface area contributed by atoms with Gasteiger partial charge in [-0.2, -0.15) is 14.6 Å². The average Bonchev–Trinajstić information content (AvgIpc) is 2.97. The van der Waals surface area contributed by atoms with E-state index >= 15 is 0 Å². The van der Waals surface area contributed by atoms with Gasteiger partial charge in [0.2, 0.25) is 4.96 Å². The summed E-state index contributed by atoms with van der Waals surface area (Å²) in [5, 5.41) is 4.25. The second kappa shape index (κ2) is 6.86. The minimum absolute atomic E-state index is 0.175. The van der Waals surface area contributed by atoms with Gasteiger partial charge in [0.15, 0.2) is 5.69 Å². The molecule has 2 heterocycles. The van der Waals surface area contributed by atoms with Crippen molar-refractivity contribution in [3.63, 3.8) is 0 Å². The standard InChI is InChI=1S/C19H13N3O2S2/c1-25-14-9-7-12(8-10-14)11-15-18(24)22-19(26-15)20-17(23)16(21-22)13-5-3-2-4-6-13/h2-11H,1H3/b15-11-. The smallest absolute Gasteiger partial charge is 0.266 e. The quantitative estimate of drug-likeness (QED) is 0.512. The molecular weight excluding hydrogens is 366 g/mol.